The van der Waals surface area contributed by atoms with E-state index in [4.69, 9.17) is 0 Å². The van der Waals surface area contributed by atoms with Gasteiger partial charge in [0.1, 0.15) is 0 Å². The van der Waals surface area contributed by atoms with Crippen LogP contribution in [0, 0.1) is 0 Å². The maximum absolute atomic E-state index is 11.9. The standard InChI is InChI=1S/C16H26N2O3S/c1-4-9-14(2)17-16(19)12-8-13-18(22(3,20)21)15-10-6-5-7-11-15/h5-7,10-11,14H,4,8-9,12-13H2,1-3H3,(H,17,19)/t14-/m0/s1. The summed E-state index contributed by atoms with van der Waals surface area (Å²) in [7, 11) is -3.35. The van der Waals surface area contributed by atoms with Crippen molar-refractivity contribution in [2.24, 2.45) is 0 Å². The van der Waals surface area contributed by atoms with Gasteiger partial charge in [0, 0.05) is 19.0 Å². The van der Waals surface area contributed by atoms with E-state index in [2.05, 4.69) is 12.2 Å². The second-order valence-electron chi connectivity index (χ2n) is 5.53. The van der Waals surface area contributed by atoms with Crippen LogP contribution < -0.4 is 9.62 Å². The molecule has 0 saturated carbocycles. The molecule has 1 aromatic rings. The van der Waals surface area contributed by atoms with Crippen molar-refractivity contribution < 1.29 is 13.2 Å². The van der Waals surface area contributed by atoms with Gasteiger partial charge in [-0.2, -0.15) is 0 Å². The van der Waals surface area contributed by atoms with Gasteiger partial charge in [-0.15, -0.1) is 0 Å². The molecule has 0 aliphatic carbocycles. The van der Waals surface area contributed by atoms with Crippen LogP contribution in [0.15, 0.2) is 30.3 Å². The number of carbonyl (C=O) groups is 1. The number of sulfonamides is 1. The first kappa shape index (κ1) is 18.5. The van der Waals surface area contributed by atoms with Gasteiger partial charge in [-0.25, -0.2) is 8.42 Å². The molecule has 124 valence electrons. The van der Waals surface area contributed by atoms with Crippen molar-refractivity contribution in [1.82, 2.24) is 5.32 Å². The summed E-state index contributed by atoms with van der Waals surface area (Å²) in [6, 6.07) is 9.11. The van der Waals surface area contributed by atoms with Crippen LogP contribution >= 0.6 is 0 Å². The van der Waals surface area contributed by atoms with Crippen LogP contribution in [0.25, 0.3) is 0 Å². The molecule has 0 spiro atoms. The van der Waals surface area contributed by atoms with Crippen LogP contribution in [0.1, 0.15) is 39.5 Å². The molecule has 1 N–H and O–H groups in total. The van der Waals surface area contributed by atoms with Crippen molar-refractivity contribution >= 4 is 21.6 Å². The van der Waals surface area contributed by atoms with Crippen molar-refractivity contribution in [3.05, 3.63) is 30.3 Å². The zero-order chi connectivity index (χ0) is 16.6. The average Bonchev–Trinajstić information content (AvgIpc) is 2.43. The first-order valence-corrected chi connectivity index (χ1v) is 9.51. The lowest BCUT2D eigenvalue weighted by Crippen LogP contribution is -2.34. The predicted octanol–water partition coefficient (Wildman–Crippen LogP) is 2.54. The number of nitrogens with one attached hydrogen (secondary N) is 1. The summed E-state index contributed by atoms with van der Waals surface area (Å²) < 4.78 is 25.1. The molecule has 0 aromatic heterocycles. The van der Waals surface area contributed by atoms with E-state index in [0.29, 0.717) is 25.1 Å². The highest BCUT2D eigenvalue weighted by Gasteiger charge is 2.17. The number of amides is 1. The number of rotatable bonds is 9. The fourth-order valence-electron chi connectivity index (χ4n) is 2.32. The third-order valence-corrected chi connectivity index (χ3v) is 4.53. The lowest BCUT2D eigenvalue weighted by Gasteiger charge is -2.22. The molecular weight excluding hydrogens is 300 g/mol. The summed E-state index contributed by atoms with van der Waals surface area (Å²) in [4.78, 5) is 11.8. The Balaban J connectivity index is 2.54. The molecular formula is C16H26N2O3S. The second kappa shape index (κ2) is 8.78. The molecule has 0 heterocycles. The maximum Gasteiger partial charge on any atom is 0.232 e. The maximum atomic E-state index is 11.9. The minimum atomic E-state index is -3.35. The third kappa shape index (κ3) is 6.47. The molecule has 1 atom stereocenters. The van der Waals surface area contributed by atoms with Crippen LogP contribution in [0.2, 0.25) is 0 Å². The molecule has 0 bridgehead atoms. The van der Waals surface area contributed by atoms with E-state index in [1.165, 1.54) is 10.6 Å². The molecule has 0 unspecified atom stereocenters. The summed E-state index contributed by atoms with van der Waals surface area (Å²) in [6.45, 7) is 4.36. The molecule has 1 amide bonds. The van der Waals surface area contributed by atoms with Gasteiger partial charge in [0.05, 0.1) is 11.9 Å². The van der Waals surface area contributed by atoms with Gasteiger partial charge in [-0.1, -0.05) is 31.5 Å². The second-order valence-corrected chi connectivity index (χ2v) is 7.44. The van der Waals surface area contributed by atoms with Crippen molar-refractivity contribution in [3.8, 4) is 0 Å². The molecule has 1 rings (SSSR count). The van der Waals surface area contributed by atoms with E-state index in [1.807, 2.05) is 13.0 Å². The summed E-state index contributed by atoms with van der Waals surface area (Å²) in [5, 5.41) is 2.93. The summed E-state index contributed by atoms with van der Waals surface area (Å²) in [5.41, 5.74) is 0.629. The van der Waals surface area contributed by atoms with Crippen LogP contribution in [0.5, 0.6) is 0 Å². The number of hydrogen-bond donors (Lipinski definition) is 1. The zero-order valence-electron chi connectivity index (χ0n) is 13.6. The fourth-order valence-corrected chi connectivity index (χ4v) is 3.28. The molecule has 0 saturated heterocycles. The Hall–Kier alpha value is -1.56. The van der Waals surface area contributed by atoms with Gasteiger partial charge in [0.2, 0.25) is 15.9 Å². The molecule has 6 heteroatoms. The van der Waals surface area contributed by atoms with E-state index in [0.717, 1.165) is 12.8 Å². The van der Waals surface area contributed by atoms with E-state index in [1.54, 1.807) is 24.3 Å². The Morgan fingerprint density at radius 2 is 1.91 bits per heavy atom. The molecule has 0 aliphatic rings. The Kier molecular flexibility index (Phi) is 7.38. The molecule has 22 heavy (non-hydrogen) atoms. The van der Waals surface area contributed by atoms with Gasteiger partial charge < -0.3 is 5.32 Å². The Morgan fingerprint density at radius 3 is 2.45 bits per heavy atom. The number of benzene rings is 1. The average molecular weight is 326 g/mol. The Bertz CT molecular complexity index is 558. The summed E-state index contributed by atoms with van der Waals surface area (Å²) in [6.07, 6.45) is 3.98. The van der Waals surface area contributed by atoms with Crippen molar-refractivity contribution in [1.29, 1.82) is 0 Å². The number of anilines is 1. The van der Waals surface area contributed by atoms with Crippen molar-refractivity contribution in [2.75, 3.05) is 17.1 Å². The summed E-state index contributed by atoms with van der Waals surface area (Å²) >= 11 is 0. The van der Waals surface area contributed by atoms with Crippen LogP contribution in [0.4, 0.5) is 5.69 Å². The largest absolute Gasteiger partial charge is 0.354 e. The number of carbonyl (C=O) groups excluding carboxylic acids is 1. The van der Waals surface area contributed by atoms with E-state index >= 15 is 0 Å². The first-order valence-electron chi connectivity index (χ1n) is 7.66. The normalized spacial score (nSPS) is 12.7. The molecule has 0 fully saturated rings. The molecule has 0 radical (unpaired) electrons. The topological polar surface area (TPSA) is 66.5 Å². The highest BCUT2D eigenvalue weighted by Crippen LogP contribution is 2.17. The van der Waals surface area contributed by atoms with E-state index in [9.17, 15) is 13.2 Å². The van der Waals surface area contributed by atoms with Crippen molar-refractivity contribution in [2.45, 2.75) is 45.6 Å². The quantitative estimate of drug-likeness (QED) is 0.758. The van der Waals surface area contributed by atoms with Crippen LogP contribution in [-0.4, -0.2) is 33.2 Å². The smallest absolute Gasteiger partial charge is 0.232 e. The molecule has 0 aliphatic heterocycles. The monoisotopic (exact) mass is 326 g/mol. The number of hydrogen-bond acceptors (Lipinski definition) is 3. The van der Waals surface area contributed by atoms with Gasteiger partial charge in [-0.3, -0.25) is 9.10 Å². The highest BCUT2D eigenvalue weighted by molar-refractivity contribution is 7.92. The minimum absolute atomic E-state index is 0.0255. The molecule has 1 aromatic carbocycles. The van der Waals surface area contributed by atoms with Crippen molar-refractivity contribution in [3.63, 3.8) is 0 Å². The van der Waals surface area contributed by atoms with Crippen LogP contribution in [-0.2, 0) is 14.8 Å². The summed E-state index contributed by atoms with van der Waals surface area (Å²) in [5.74, 6) is -0.0255. The van der Waals surface area contributed by atoms with Gasteiger partial charge in [0.15, 0.2) is 0 Å². The highest BCUT2D eigenvalue weighted by atomic mass is 32.2. The first-order chi connectivity index (χ1) is 10.3. The fraction of sp³-hybridized carbons (Fsp3) is 0.562. The van der Waals surface area contributed by atoms with Gasteiger partial charge >= 0.3 is 0 Å². The predicted molar refractivity (Wildman–Crippen MR) is 90.4 cm³/mol. The molecule has 5 nitrogen and oxygen atoms in total. The number of nitrogens with zero attached hydrogens (tertiary/aromatic N) is 1. The zero-order valence-corrected chi connectivity index (χ0v) is 14.4. The number of para-hydroxylation sites is 1. The van der Waals surface area contributed by atoms with Crippen LogP contribution in [0.3, 0.4) is 0 Å². The van der Waals surface area contributed by atoms with E-state index in [-0.39, 0.29) is 11.9 Å². The van der Waals surface area contributed by atoms with E-state index < -0.39 is 10.0 Å². The minimum Gasteiger partial charge on any atom is -0.354 e. The van der Waals surface area contributed by atoms with Gasteiger partial charge in [0.25, 0.3) is 0 Å². The Morgan fingerprint density at radius 1 is 1.27 bits per heavy atom. The van der Waals surface area contributed by atoms with Gasteiger partial charge in [-0.05, 0) is 31.9 Å². The third-order valence-electron chi connectivity index (χ3n) is 3.34. The lowest BCUT2D eigenvalue weighted by molar-refractivity contribution is -0.121. The SMILES string of the molecule is CCC[C@H](C)NC(=O)CCCN(c1ccccc1)S(C)(=O)=O. The lowest BCUT2D eigenvalue weighted by atomic mass is 10.2. The Labute approximate surface area is 133 Å².